The second-order valence-electron chi connectivity index (χ2n) is 5.10. The molecule has 1 heterocycles. The van der Waals surface area contributed by atoms with Crippen molar-refractivity contribution in [2.75, 3.05) is 11.4 Å². The molecule has 0 radical (unpaired) electrons. The molecule has 5 heteroatoms. The Bertz CT molecular complexity index is 477. The number of halogens is 2. The van der Waals surface area contributed by atoms with Crippen molar-refractivity contribution < 1.29 is 4.79 Å². The minimum atomic E-state index is -0.135. The Balaban J connectivity index is 2.24. The summed E-state index contributed by atoms with van der Waals surface area (Å²) in [5.74, 6) is 0.0733. The summed E-state index contributed by atoms with van der Waals surface area (Å²) in [5, 5.41) is 4.45. The molecule has 0 aliphatic carbocycles. The predicted octanol–water partition coefficient (Wildman–Crippen LogP) is 3.49. The zero-order valence-corrected chi connectivity index (χ0v) is 12.6. The molecule has 0 aromatic heterocycles. The lowest BCUT2D eigenvalue weighted by Crippen LogP contribution is -2.52. The summed E-state index contributed by atoms with van der Waals surface area (Å²) in [5.41, 5.74) is 0.703. The SMILES string of the molecule is CC(C)NC1CCCN(c2cc(Cl)ccc2Cl)C1=O. The number of piperidine rings is 1. The lowest BCUT2D eigenvalue weighted by molar-refractivity contribution is -0.121. The van der Waals surface area contributed by atoms with E-state index in [2.05, 4.69) is 5.32 Å². The molecule has 1 amide bonds. The Kier molecular flexibility index (Phi) is 4.71. The van der Waals surface area contributed by atoms with Crippen LogP contribution in [0.1, 0.15) is 26.7 Å². The van der Waals surface area contributed by atoms with E-state index in [0.29, 0.717) is 22.3 Å². The number of amides is 1. The molecule has 3 nitrogen and oxygen atoms in total. The normalized spacial score (nSPS) is 20.2. The van der Waals surface area contributed by atoms with Gasteiger partial charge in [0.1, 0.15) is 0 Å². The Labute approximate surface area is 123 Å². The fourth-order valence-corrected chi connectivity index (χ4v) is 2.75. The van der Waals surface area contributed by atoms with Crippen LogP contribution in [-0.4, -0.2) is 24.5 Å². The van der Waals surface area contributed by atoms with Crippen LogP contribution < -0.4 is 10.2 Å². The molecule has 104 valence electrons. The zero-order valence-electron chi connectivity index (χ0n) is 11.1. The number of anilines is 1. The maximum Gasteiger partial charge on any atom is 0.244 e. The zero-order chi connectivity index (χ0) is 14.0. The molecule has 0 saturated carbocycles. The van der Waals surface area contributed by atoms with Crippen molar-refractivity contribution in [1.82, 2.24) is 5.32 Å². The van der Waals surface area contributed by atoms with Crippen molar-refractivity contribution in [2.24, 2.45) is 0 Å². The number of rotatable bonds is 3. The highest BCUT2D eigenvalue weighted by molar-refractivity contribution is 6.35. The molecule has 1 aromatic carbocycles. The number of hydrogen-bond donors (Lipinski definition) is 1. The molecule has 19 heavy (non-hydrogen) atoms. The molecule has 1 aliphatic heterocycles. The predicted molar refractivity (Wildman–Crippen MR) is 80.1 cm³/mol. The summed E-state index contributed by atoms with van der Waals surface area (Å²) in [7, 11) is 0. The average Bonchev–Trinajstić information content (AvgIpc) is 2.35. The van der Waals surface area contributed by atoms with Crippen molar-refractivity contribution in [3.63, 3.8) is 0 Å². The van der Waals surface area contributed by atoms with Gasteiger partial charge in [-0.2, -0.15) is 0 Å². The Morgan fingerprint density at radius 3 is 2.79 bits per heavy atom. The summed E-state index contributed by atoms with van der Waals surface area (Å²) in [4.78, 5) is 14.2. The summed E-state index contributed by atoms with van der Waals surface area (Å²) < 4.78 is 0. The van der Waals surface area contributed by atoms with E-state index in [9.17, 15) is 4.79 Å². The number of carbonyl (C=O) groups excluding carboxylic acids is 1. The monoisotopic (exact) mass is 300 g/mol. The summed E-state index contributed by atoms with van der Waals surface area (Å²) >= 11 is 12.2. The number of nitrogens with zero attached hydrogens (tertiary/aromatic N) is 1. The first-order chi connectivity index (χ1) is 8.99. The topological polar surface area (TPSA) is 32.3 Å². The van der Waals surface area contributed by atoms with Crippen molar-refractivity contribution in [3.05, 3.63) is 28.2 Å². The van der Waals surface area contributed by atoms with Gasteiger partial charge in [0.05, 0.1) is 16.8 Å². The first kappa shape index (κ1) is 14.6. The van der Waals surface area contributed by atoms with Gasteiger partial charge < -0.3 is 10.2 Å². The Morgan fingerprint density at radius 2 is 2.11 bits per heavy atom. The van der Waals surface area contributed by atoms with E-state index < -0.39 is 0 Å². The molecule has 1 unspecified atom stereocenters. The molecule has 2 rings (SSSR count). The first-order valence-corrected chi connectivity index (χ1v) is 7.27. The minimum absolute atomic E-state index is 0.0733. The van der Waals surface area contributed by atoms with Crippen LogP contribution in [0.3, 0.4) is 0 Å². The van der Waals surface area contributed by atoms with Crippen molar-refractivity contribution in [1.29, 1.82) is 0 Å². The fraction of sp³-hybridized carbons (Fsp3) is 0.500. The highest BCUT2D eigenvalue weighted by Gasteiger charge is 2.30. The summed E-state index contributed by atoms with van der Waals surface area (Å²) in [6.45, 7) is 4.77. The number of benzene rings is 1. The first-order valence-electron chi connectivity index (χ1n) is 6.51. The standard InChI is InChI=1S/C14H18Cl2N2O/c1-9(2)17-12-4-3-7-18(14(12)19)13-8-10(15)5-6-11(13)16/h5-6,8-9,12,17H,3-4,7H2,1-2H3. The molecular weight excluding hydrogens is 283 g/mol. The number of hydrogen-bond acceptors (Lipinski definition) is 2. The molecule has 1 atom stereocenters. The van der Waals surface area contributed by atoms with Gasteiger partial charge in [0.25, 0.3) is 0 Å². The van der Waals surface area contributed by atoms with E-state index in [4.69, 9.17) is 23.2 Å². The summed E-state index contributed by atoms with van der Waals surface area (Å²) in [6, 6.07) is 5.35. The Morgan fingerprint density at radius 1 is 1.37 bits per heavy atom. The maximum absolute atomic E-state index is 12.5. The van der Waals surface area contributed by atoms with Gasteiger partial charge in [0.2, 0.25) is 5.91 Å². The van der Waals surface area contributed by atoms with Gasteiger partial charge in [0.15, 0.2) is 0 Å². The van der Waals surface area contributed by atoms with E-state index in [1.807, 2.05) is 13.8 Å². The van der Waals surface area contributed by atoms with Crippen molar-refractivity contribution in [2.45, 2.75) is 38.8 Å². The van der Waals surface area contributed by atoms with Gasteiger partial charge in [-0.15, -0.1) is 0 Å². The van der Waals surface area contributed by atoms with Gasteiger partial charge in [-0.05, 0) is 31.0 Å². The lowest BCUT2D eigenvalue weighted by atomic mass is 10.0. The molecule has 1 fully saturated rings. The van der Waals surface area contributed by atoms with Crippen molar-refractivity contribution in [3.8, 4) is 0 Å². The fourth-order valence-electron chi connectivity index (χ4n) is 2.36. The van der Waals surface area contributed by atoms with Crippen LogP contribution in [0.25, 0.3) is 0 Å². The third-order valence-corrected chi connectivity index (χ3v) is 3.73. The highest BCUT2D eigenvalue weighted by atomic mass is 35.5. The van der Waals surface area contributed by atoms with E-state index >= 15 is 0 Å². The smallest absolute Gasteiger partial charge is 0.244 e. The van der Waals surface area contributed by atoms with Gasteiger partial charge in [-0.1, -0.05) is 37.0 Å². The Hall–Kier alpha value is -0.770. The van der Waals surface area contributed by atoms with E-state index in [1.165, 1.54) is 0 Å². The molecule has 1 aliphatic rings. The van der Waals surface area contributed by atoms with E-state index in [-0.39, 0.29) is 18.0 Å². The van der Waals surface area contributed by atoms with Crippen LogP contribution in [-0.2, 0) is 4.79 Å². The van der Waals surface area contributed by atoms with Gasteiger partial charge in [-0.3, -0.25) is 4.79 Å². The average molecular weight is 301 g/mol. The quantitative estimate of drug-likeness (QED) is 0.927. The van der Waals surface area contributed by atoms with Crippen LogP contribution in [0.15, 0.2) is 18.2 Å². The lowest BCUT2D eigenvalue weighted by Gasteiger charge is -2.34. The molecule has 0 bridgehead atoms. The van der Waals surface area contributed by atoms with Crippen LogP contribution in [0.5, 0.6) is 0 Å². The molecular formula is C14H18Cl2N2O. The summed E-state index contributed by atoms with van der Waals surface area (Å²) in [6.07, 6.45) is 1.82. The highest BCUT2D eigenvalue weighted by Crippen LogP contribution is 2.31. The van der Waals surface area contributed by atoms with Crippen LogP contribution in [0.4, 0.5) is 5.69 Å². The number of nitrogens with one attached hydrogen (secondary N) is 1. The third-order valence-electron chi connectivity index (χ3n) is 3.17. The maximum atomic E-state index is 12.5. The van der Waals surface area contributed by atoms with Gasteiger partial charge >= 0.3 is 0 Å². The van der Waals surface area contributed by atoms with E-state index in [1.54, 1.807) is 23.1 Å². The number of carbonyl (C=O) groups is 1. The third kappa shape index (κ3) is 3.41. The van der Waals surface area contributed by atoms with Crippen LogP contribution in [0, 0.1) is 0 Å². The van der Waals surface area contributed by atoms with Gasteiger partial charge in [-0.25, -0.2) is 0 Å². The van der Waals surface area contributed by atoms with Gasteiger partial charge in [0, 0.05) is 17.6 Å². The van der Waals surface area contributed by atoms with Crippen LogP contribution >= 0.6 is 23.2 Å². The molecule has 1 aromatic rings. The largest absolute Gasteiger partial charge is 0.310 e. The second-order valence-corrected chi connectivity index (χ2v) is 5.95. The molecule has 1 N–H and O–H groups in total. The van der Waals surface area contributed by atoms with E-state index in [0.717, 1.165) is 12.8 Å². The minimum Gasteiger partial charge on any atom is -0.310 e. The second kappa shape index (κ2) is 6.12. The van der Waals surface area contributed by atoms with Crippen molar-refractivity contribution >= 4 is 34.8 Å². The molecule has 0 spiro atoms. The molecule has 1 saturated heterocycles. The van der Waals surface area contributed by atoms with Crippen LogP contribution in [0.2, 0.25) is 10.0 Å².